The van der Waals surface area contributed by atoms with E-state index in [1.165, 1.54) is 0 Å². The number of carbonyl (C=O) groups is 1. The van der Waals surface area contributed by atoms with Crippen molar-refractivity contribution in [1.82, 2.24) is 5.32 Å². The molecule has 5 heteroatoms. The molecule has 1 rings (SSSR count). The highest BCUT2D eigenvalue weighted by Gasteiger charge is 2.08. The van der Waals surface area contributed by atoms with Crippen LogP contribution in [0.1, 0.15) is 31.9 Å². The van der Waals surface area contributed by atoms with Gasteiger partial charge in [0.15, 0.2) is 0 Å². The zero-order valence-corrected chi connectivity index (χ0v) is 11.3. The molecule has 0 spiro atoms. The predicted molar refractivity (Wildman–Crippen MR) is 72.3 cm³/mol. The Hall–Kier alpha value is -1.59. The second kappa shape index (κ2) is 7.76. The van der Waals surface area contributed by atoms with Gasteiger partial charge in [-0.25, -0.2) is 0 Å². The Bertz CT molecular complexity index is 389. The second-order valence-corrected chi connectivity index (χ2v) is 4.60. The topological polar surface area (TPSA) is 78.8 Å². The van der Waals surface area contributed by atoms with Crippen LogP contribution in [0.5, 0.6) is 5.75 Å². The van der Waals surface area contributed by atoms with Gasteiger partial charge in [-0.05, 0) is 31.5 Å². The first-order valence-corrected chi connectivity index (χ1v) is 6.36. The van der Waals surface area contributed by atoms with E-state index in [0.717, 1.165) is 11.3 Å². The molecule has 0 aromatic heterocycles. The van der Waals surface area contributed by atoms with Crippen LogP contribution >= 0.6 is 0 Å². The van der Waals surface area contributed by atoms with Gasteiger partial charge in [0.05, 0.1) is 18.6 Å². The molecule has 1 atom stereocenters. The van der Waals surface area contributed by atoms with Gasteiger partial charge in [0.2, 0.25) is 0 Å². The Morgan fingerprint density at radius 1 is 1.32 bits per heavy atom. The molecule has 19 heavy (non-hydrogen) atoms. The lowest BCUT2D eigenvalue weighted by Crippen LogP contribution is -2.24. The van der Waals surface area contributed by atoms with Crippen molar-refractivity contribution in [1.29, 1.82) is 0 Å². The van der Waals surface area contributed by atoms with Crippen LogP contribution in [-0.4, -0.2) is 35.4 Å². The number of ether oxygens (including phenoxy) is 1. The van der Waals surface area contributed by atoms with Crippen molar-refractivity contribution in [2.45, 2.75) is 32.5 Å². The number of nitrogens with one attached hydrogen (secondary N) is 1. The molecule has 5 nitrogen and oxygen atoms in total. The van der Waals surface area contributed by atoms with Gasteiger partial charge in [0.25, 0.3) is 0 Å². The summed E-state index contributed by atoms with van der Waals surface area (Å²) < 4.78 is 5.51. The maximum atomic E-state index is 10.3. The zero-order chi connectivity index (χ0) is 14.3. The van der Waals surface area contributed by atoms with Crippen molar-refractivity contribution in [2.24, 2.45) is 0 Å². The van der Waals surface area contributed by atoms with Crippen LogP contribution in [0.4, 0.5) is 0 Å². The van der Waals surface area contributed by atoms with Gasteiger partial charge >= 0.3 is 5.97 Å². The summed E-state index contributed by atoms with van der Waals surface area (Å²) in [6.07, 6.45) is -0.483. The van der Waals surface area contributed by atoms with Crippen molar-refractivity contribution >= 4 is 5.97 Å². The highest BCUT2D eigenvalue weighted by Crippen LogP contribution is 2.18. The summed E-state index contributed by atoms with van der Waals surface area (Å²) in [5.41, 5.74) is 0.777. The molecular formula is C14H21NO4. The highest BCUT2D eigenvalue weighted by atomic mass is 16.5. The number of hydrogen-bond donors (Lipinski definition) is 3. The van der Waals surface area contributed by atoms with E-state index in [1.54, 1.807) is 12.1 Å². The molecule has 0 bridgehead atoms. The summed E-state index contributed by atoms with van der Waals surface area (Å²) in [6.45, 7) is 4.59. The maximum absolute atomic E-state index is 10.3. The van der Waals surface area contributed by atoms with E-state index in [1.807, 2.05) is 26.0 Å². The number of benzene rings is 1. The zero-order valence-electron chi connectivity index (χ0n) is 11.3. The van der Waals surface area contributed by atoms with Crippen molar-refractivity contribution in [3.05, 3.63) is 29.8 Å². The van der Waals surface area contributed by atoms with Crippen LogP contribution in [0.15, 0.2) is 24.3 Å². The standard InChI is InChI=1S/C14H21NO4/c1-10(2)19-12-5-3-11(4-6-12)13(16)9-15-8-7-14(17)18/h3-6,10,13,15-16H,7-9H2,1-2H3,(H,17,18). The van der Waals surface area contributed by atoms with Gasteiger partial charge in [-0.3, -0.25) is 4.79 Å². The molecule has 0 saturated carbocycles. The number of aliphatic hydroxyl groups is 1. The summed E-state index contributed by atoms with van der Waals surface area (Å²) in [4.78, 5) is 10.3. The SMILES string of the molecule is CC(C)Oc1ccc(C(O)CNCCC(=O)O)cc1. The lowest BCUT2D eigenvalue weighted by molar-refractivity contribution is -0.136. The summed E-state index contributed by atoms with van der Waals surface area (Å²) in [5.74, 6) is -0.0815. The lowest BCUT2D eigenvalue weighted by Gasteiger charge is -2.14. The molecule has 1 aromatic carbocycles. The van der Waals surface area contributed by atoms with Gasteiger partial charge in [-0.2, -0.15) is 0 Å². The van der Waals surface area contributed by atoms with Crippen molar-refractivity contribution in [2.75, 3.05) is 13.1 Å². The fraction of sp³-hybridized carbons (Fsp3) is 0.500. The Morgan fingerprint density at radius 3 is 2.47 bits per heavy atom. The van der Waals surface area contributed by atoms with Crippen LogP contribution in [0.25, 0.3) is 0 Å². The fourth-order valence-electron chi connectivity index (χ4n) is 1.59. The number of rotatable bonds is 8. The third-order valence-corrected chi connectivity index (χ3v) is 2.49. The minimum Gasteiger partial charge on any atom is -0.491 e. The lowest BCUT2D eigenvalue weighted by atomic mass is 10.1. The quantitative estimate of drug-likeness (QED) is 0.623. The molecular weight excluding hydrogens is 246 g/mol. The molecule has 0 heterocycles. The molecule has 1 aromatic rings. The minimum absolute atomic E-state index is 0.0495. The molecule has 1 unspecified atom stereocenters. The van der Waals surface area contributed by atoms with Gasteiger partial charge in [0.1, 0.15) is 5.75 Å². The largest absolute Gasteiger partial charge is 0.491 e. The average molecular weight is 267 g/mol. The third kappa shape index (κ3) is 6.22. The number of carboxylic acids is 1. The van der Waals surface area contributed by atoms with Crippen molar-refractivity contribution in [3.63, 3.8) is 0 Å². The molecule has 0 saturated heterocycles. The summed E-state index contributed by atoms with van der Waals surface area (Å²) in [5, 5.41) is 21.3. The first-order chi connectivity index (χ1) is 8.99. The Balaban J connectivity index is 2.39. The van der Waals surface area contributed by atoms with E-state index in [9.17, 15) is 9.90 Å². The maximum Gasteiger partial charge on any atom is 0.304 e. The smallest absolute Gasteiger partial charge is 0.304 e. The van der Waals surface area contributed by atoms with E-state index < -0.39 is 12.1 Å². The molecule has 106 valence electrons. The minimum atomic E-state index is -0.850. The molecule has 0 amide bonds. The number of aliphatic hydroxyl groups excluding tert-OH is 1. The third-order valence-electron chi connectivity index (χ3n) is 2.49. The molecule has 0 aliphatic heterocycles. The normalized spacial score (nSPS) is 12.4. The first kappa shape index (κ1) is 15.5. The predicted octanol–water partition coefficient (Wildman–Crippen LogP) is 1.57. The van der Waals surface area contributed by atoms with Gasteiger partial charge in [-0.15, -0.1) is 0 Å². The van der Waals surface area contributed by atoms with E-state index in [2.05, 4.69) is 5.32 Å². The molecule has 3 N–H and O–H groups in total. The number of aliphatic carboxylic acids is 1. The van der Waals surface area contributed by atoms with Crippen molar-refractivity contribution in [3.8, 4) is 5.75 Å². The van der Waals surface area contributed by atoms with E-state index in [4.69, 9.17) is 9.84 Å². The summed E-state index contributed by atoms with van der Waals surface area (Å²) >= 11 is 0. The Kier molecular flexibility index (Phi) is 6.32. The summed E-state index contributed by atoms with van der Waals surface area (Å²) in [7, 11) is 0. The van der Waals surface area contributed by atoms with E-state index >= 15 is 0 Å². The van der Waals surface area contributed by atoms with Gasteiger partial charge in [0, 0.05) is 13.1 Å². The van der Waals surface area contributed by atoms with Gasteiger partial charge < -0.3 is 20.3 Å². The van der Waals surface area contributed by atoms with Crippen LogP contribution < -0.4 is 10.1 Å². The average Bonchev–Trinajstić information content (AvgIpc) is 2.34. The summed E-state index contributed by atoms with van der Waals surface area (Å²) in [6, 6.07) is 7.24. The van der Waals surface area contributed by atoms with Crippen LogP contribution in [0.2, 0.25) is 0 Å². The molecule has 0 radical (unpaired) electrons. The fourth-order valence-corrected chi connectivity index (χ4v) is 1.59. The Labute approximate surface area is 113 Å². The first-order valence-electron chi connectivity index (χ1n) is 6.36. The highest BCUT2D eigenvalue weighted by molar-refractivity contribution is 5.66. The van der Waals surface area contributed by atoms with E-state index in [-0.39, 0.29) is 12.5 Å². The van der Waals surface area contributed by atoms with Crippen molar-refractivity contribution < 1.29 is 19.7 Å². The monoisotopic (exact) mass is 267 g/mol. The van der Waals surface area contributed by atoms with Gasteiger partial charge in [-0.1, -0.05) is 12.1 Å². The van der Waals surface area contributed by atoms with Crippen LogP contribution in [0, 0.1) is 0 Å². The van der Waals surface area contributed by atoms with E-state index in [0.29, 0.717) is 13.1 Å². The molecule has 0 fully saturated rings. The molecule has 0 aliphatic rings. The second-order valence-electron chi connectivity index (χ2n) is 4.60. The number of carboxylic acid groups (broad SMARTS) is 1. The van der Waals surface area contributed by atoms with Crippen LogP contribution in [-0.2, 0) is 4.79 Å². The Morgan fingerprint density at radius 2 is 1.95 bits per heavy atom. The van der Waals surface area contributed by atoms with Crippen LogP contribution in [0.3, 0.4) is 0 Å². The number of hydrogen-bond acceptors (Lipinski definition) is 4. The molecule has 0 aliphatic carbocycles.